The molecule has 78 valence electrons. The van der Waals surface area contributed by atoms with Crippen molar-refractivity contribution in [3.05, 3.63) is 30.3 Å². The molecule has 1 unspecified atom stereocenters. The minimum Gasteiger partial charge on any atom is -0.383 e. The van der Waals surface area contributed by atoms with Crippen molar-refractivity contribution in [2.45, 2.75) is 39.7 Å². The summed E-state index contributed by atoms with van der Waals surface area (Å²) in [6.07, 6.45) is 2.54. The fraction of sp³-hybridized carbons (Fsp3) is 0.538. The van der Waals surface area contributed by atoms with Gasteiger partial charge in [-0.05, 0) is 37.8 Å². The molecule has 0 aromatic heterocycles. The number of para-hydroxylation sites is 1. The van der Waals surface area contributed by atoms with Gasteiger partial charge in [0.25, 0.3) is 0 Å². The maximum atomic E-state index is 3.50. The SMILES string of the molecule is CC(C)CCC(C)Nc1ccccc1. The van der Waals surface area contributed by atoms with Gasteiger partial charge in [0, 0.05) is 11.7 Å². The van der Waals surface area contributed by atoms with Crippen LogP contribution in [0.25, 0.3) is 0 Å². The van der Waals surface area contributed by atoms with Gasteiger partial charge in [-0.25, -0.2) is 0 Å². The topological polar surface area (TPSA) is 12.0 Å². The van der Waals surface area contributed by atoms with Crippen molar-refractivity contribution in [3.8, 4) is 0 Å². The molecule has 1 nitrogen and oxygen atoms in total. The zero-order valence-corrected chi connectivity index (χ0v) is 9.46. The van der Waals surface area contributed by atoms with Crippen LogP contribution in [0.3, 0.4) is 0 Å². The molecule has 14 heavy (non-hydrogen) atoms. The van der Waals surface area contributed by atoms with Gasteiger partial charge in [-0.2, -0.15) is 0 Å². The maximum absolute atomic E-state index is 3.50. The molecule has 1 rings (SSSR count). The molecule has 0 fully saturated rings. The highest BCUT2D eigenvalue weighted by atomic mass is 14.9. The minimum absolute atomic E-state index is 0.569. The molecular formula is C13H21N. The number of anilines is 1. The molecule has 0 aliphatic carbocycles. The molecule has 0 saturated carbocycles. The number of hydrogen-bond donors (Lipinski definition) is 1. The first-order valence-electron chi connectivity index (χ1n) is 5.50. The van der Waals surface area contributed by atoms with Gasteiger partial charge in [0.2, 0.25) is 0 Å². The van der Waals surface area contributed by atoms with Gasteiger partial charge in [0.1, 0.15) is 0 Å². The third-order valence-corrected chi connectivity index (χ3v) is 2.36. The summed E-state index contributed by atoms with van der Waals surface area (Å²) in [6, 6.07) is 11.0. The molecule has 1 atom stereocenters. The van der Waals surface area contributed by atoms with Crippen LogP contribution < -0.4 is 5.32 Å². The molecular weight excluding hydrogens is 170 g/mol. The monoisotopic (exact) mass is 191 g/mol. The van der Waals surface area contributed by atoms with E-state index >= 15 is 0 Å². The van der Waals surface area contributed by atoms with Crippen molar-refractivity contribution < 1.29 is 0 Å². The Morgan fingerprint density at radius 1 is 1.00 bits per heavy atom. The standard InChI is InChI=1S/C13H21N/c1-11(2)9-10-12(3)14-13-7-5-4-6-8-13/h4-8,11-12,14H,9-10H2,1-3H3. The predicted octanol–water partition coefficient (Wildman–Crippen LogP) is 3.92. The molecule has 1 N–H and O–H groups in total. The highest BCUT2D eigenvalue weighted by Gasteiger charge is 2.02. The smallest absolute Gasteiger partial charge is 0.0342 e. The summed E-state index contributed by atoms with van der Waals surface area (Å²) in [4.78, 5) is 0. The highest BCUT2D eigenvalue weighted by Crippen LogP contribution is 2.12. The van der Waals surface area contributed by atoms with Crippen molar-refractivity contribution in [3.63, 3.8) is 0 Å². The second-order valence-corrected chi connectivity index (χ2v) is 4.38. The quantitative estimate of drug-likeness (QED) is 0.743. The Morgan fingerprint density at radius 2 is 1.64 bits per heavy atom. The third-order valence-electron chi connectivity index (χ3n) is 2.36. The summed E-state index contributed by atoms with van der Waals surface area (Å²) in [5, 5.41) is 3.50. The second kappa shape index (κ2) is 5.69. The van der Waals surface area contributed by atoms with Crippen LogP contribution in [-0.2, 0) is 0 Å². The zero-order valence-electron chi connectivity index (χ0n) is 9.46. The minimum atomic E-state index is 0.569. The fourth-order valence-electron chi connectivity index (χ4n) is 1.47. The van der Waals surface area contributed by atoms with Gasteiger partial charge >= 0.3 is 0 Å². The normalized spacial score (nSPS) is 12.9. The number of hydrogen-bond acceptors (Lipinski definition) is 1. The maximum Gasteiger partial charge on any atom is 0.0342 e. The Morgan fingerprint density at radius 3 is 2.21 bits per heavy atom. The average Bonchev–Trinajstić information content (AvgIpc) is 2.16. The van der Waals surface area contributed by atoms with Gasteiger partial charge < -0.3 is 5.32 Å². The molecule has 0 amide bonds. The third kappa shape index (κ3) is 4.31. The van der Waals surface area contributed by atoms with Crippen LogP contribution in [0.1, 0.15) is 33.6 Å². The summed E-state index contributed by atoms with van der Waals surface area (Å²) in [7, 11) is 0. The van der Waals surface area contributed by atoms with E-state index in [4.69, 9.17) is 0 Å². The molecule has 0 saturated heterocycles. The van der Waals surface area contributed by atoms with Crippen LogP contribution in [0.4, 0.5) is 5.69 Å². The van der Waals surface area contributed by atoms with E-state index in [0.29, 0.717) is 6.04 Å². The summed E-state index contributed by atoms with van der Waals surface area (Å²) in [6.45, 7) is 6.79. The lowest BCUT2D eigenvalue weighted by molar-refractivity contribution is 0.528. The van der Waals surface area contributed by atoms with Crippen molar-refractivity contribution >= 4 is 5.69 Å². The van der Waals surface area contributed by atoms with Gasteiger partial charge in [-0.1, -0.05) is 32.0 Å². The molecule has 1 aromatic carbocycles. The zero-order chi connectivity index (χ0) is 10.4. The van der Waals surface area contributed by atoms with E-state index in [2.05, 4.69) is 50.4 Å². The lowest BCUT2D eigenvalue weighted by Gasteiger charge is -2.16. The molecule has 0 aliphatic rings. The van der Waals surface area contributed by atoms with E-state index in [0.717, 1.165) is 5.92 Å². The Balaban J connectivity index is 2.30. The van der Waals surface area contributed by atoms with E-state index in [-0.39, 0.29) is 0 Å². The van der Waals surface area contributed by atoms with E-state index < -0.39 is 0 Å². The van der Waals surface area contributed by atoms with E-state index in [9.17, 15) is 0 Å². The van der Waals surface area contributed by atoms with Crippen molar-refractivity contribution in [1.29, 1.82) is 0 Å². The molecule has 0 bridgehead atoms. The van der Waals surface area contributed by atoms with Gasteiger partial charge in [-0.15, -0.1) is 0 Å². The van der Waals surface area contributed by atoms with E-state index in [1.165, 1.54) is 18.5 Å². The molecule has 0 spiro atoms. The number of benzene rings is 1. The van der Waals surface area contributed by atoms with Crippen LogP contribution in [-0.4, -0.2) is 6.04 Å². The average molecular weight is 191 g/mol. The molecule has 0 radical (unpaired) electrons. The fourth-order valence-corrected chi connectivity index (χ4v) is 1.47. The van der Waals surface area contributed by atoms with Crippen LogP contribution in [0.2, 0.25) is 0 Å². The van der Waals surface area contributed by atoms with E-state index in [1.807, 2.05) is 6.07 Å². The van der Waals surface area contributed by atoms with Crippen molar-refractivity contribution in [1.82, 2.24) is 0 Å². The first-order chi connectivity index (χ1) is 6.68. The lowest BCUT2D eigenvalue weighted by atomic mass is 10.0. The van der Waals surface area contributed by atoms with Crippen LogP contribution in [0.15, 0.2) is 30.3 Å². The summed E-state index contributed by atoms with van der Waals surface area (Å²) < 4.78 is 0. The first-order valence-corrected chi connectivity index (χ1v) is 5.50. The largest absolute Gasteiger partial charge is 0.383 e. The Bertz CT molecular complexity index is 241. The summed E-state index contributed by atoms with van der Waals surface area (Å²) >= 11 is 0. The number of nitrogens with one attached hydrogen (secondary N) is 1. The highest BCUT2D eigenvalue weighted by molar-refractivity contribution is 5.43. The number of rotatable bonds is 5. The van der Waals surface area contributed by atoms with Crippen LogP contribution >= 0.6 is 0 Å². The second-order valence-electron chi connectivity index (χ2n) is 4.38. The summed E-state index contributed by atoms with van der Waals surface area (Å²) in [5.74, 6) is 0.801. The molecule has 1 heteroatoms. The van der Waals surface area contributed by atoms with Crippen molar-refractivity contribution in [2.24, 2.45) is 5.92 Å². The molecule has 0 aliphatic heterocycles. The van der Waals surface area contributed by atoms with Gasteiger partial charge in [0.05, 0.1) is 0 Å². The van der Waals surface area contributed by atoms with Gasteiger partial charge in [0.15, 0.2) is 0 Å². The van der Waals surface area contributed by atoms with Gasteiger partial charge in [-0.3, -0.25) is 0 Å². The van der Waals surface area contributed by atoms with Crippen LogP contribution in [0.5, 0.6) is 0 Å². The Labute approximate surface area is 87.5 Å². The Kier molecular flexibility index (Phi) is 4.51. The summed E-state index contributed by atoms with van der Waals surface area (Å²) in [5.41, 5.74) is 1.23. The molecule has 0 heterocycles. The molecule has 1 aromatic rings. The predicted molar refractivity (Wildman–Crippen MR) is 63.6 cm³/mol. The lowest BCUT2D eigenvalue weighted by Crippen LogP contribution is -2.15. The van der Waals surface area contributed by atoms with E-state index in [1.54, 1.807) is 0 Å². The van der Waals surface area contributed by atoms with Crippen LogP contribution in [0, 0.1) is 5.92 Å². The Hall–Kier alpha value is -0.980. The first kappa shape index (κ1) is 11.1. The van der Waals surface area contributed by atoms with Crippen molar-refractivity contribution in [2.75, 3.05) is 5.32 Å².